The molecule has 0 spiro atoms. The predicted molar refractivity (Wildman–Crippen MR) is 89.1 cm³/mol. The van der Waals surface area contributed by atoms with Crippen molar-refractivity contribution >= 4 is 43.8 Å². The second kappa shape index (κ2) is 5.83. The Balaban J connectivity index is 2.14. The fourth-order valence-electron chi connectivity index (χ4n) is 1.87. The molecule has 1 amide bonds. The minimum atomic E-state index is 0.0700. The molecule has 1 aliphatic heterocycles. The molecule has 5 heteroatoms. The number of carbonyl (C=O) groups excluding carboxylic acids is 1. The SMILES string of the molecule is C[C@@H]1N(C(=O)/C=C(\I)c2ccccn2)CSC1(C)C. The number of hydrogen-bond acceptors (Lipinski definition) is 3. The Bertz CT molecular complexity index is 501. The maximum absolute atomic E-state index is 12.3. The van der Waals surface area contributed by atoms with E-state index in [1.807, 2.05) is 34.9 Å². The Labute approximate surface area is 132 Å². The summed E-state index contributed by atoms with van der Waals surface area (Å²) in [5, 5.41) is 0. The van der Waals surface area contributed by atoms with E-state index in [0.717, 1.165) is 15.2 Å². The zero-order valence-electron chi connectivity index (χ0n) is 11.3. The smallest absolute Gasteiger partial charge is 0.248 e. The van der Waals surface area contributed by atoms with Crippen LogP contribution in [-0.4, -0.2) is 32.5 Å². The van der Waals surface area contributed by atoms with Crippen LogP contribution in [0.3, 0.4) is 0 Å². The number of thioether (sulfide) groups is 1. The number of rotatable bonds is 2. The van der Waals surface area contributed by atoms with Crippen LogP contribution in [0.5, 0.6) is 0 Å². The highest BCUT2D eigenvalue weighted by Gasteiger charge is 2.39. The first-order valence-electron chi connectivity index (χ1n) is 6.15. The number of pyridine rings is 1. The normalized spacial score (nSPS) is 22.6. The zero-order valence-corrected chi connectivity index (χ0v) is 14.2. The lowest BCUT2D eigenvalue weighted by molar-refractivity contribution is -0.126. The third kappa shape index (κ3) is 3.31. The van der Waals surface area contributed by atoms with Gasteiger partial charge in [-0.1, -0.05) is 6.07 Å². The Morgan fingerprint density at radius 2 is 2.32 bits per heavy atom. The monoisotopic (exact) mass is 388 g/mol. The molecule has 1 aliphatic rings. The summed E-state index contributed by atoms with van der Waals surface area (Å²) < 4.78 is 1.00. The van der Waals surface area contributed by atoms with Crippen molar-refractivity contribution in [1.29, 1.82) is 0 Å². The highest BCUT2D eigenvalue weighted by Crippen LogP contribution is 2.39. The van der Waals surface area contributed by atoms with E-state index in [0.29, 0.717) is 0 Å². The summed E-state index contributed by atoms with van der Waals surface area (Å²) in [6, 6.07) is 5.96. The molecule has 0 aliphatic carbocycles. The summed E-state index contributed by atoms with van der Waals surface area (Å²) in [5.41, 5.74) is 0.843. The van der Waals surface area contributed by atoms with E-state index >= 15 is 0 Å². The molecule has 0 aromatic carbocycles. The summed E-state index contributed by atoms with van der Waals surface area (Å²) in [5.74, 6) is 0.830. The molecule has 0 radical (unpaired) electrons. The summed E-state index contributed by atoms with van der Waals surface area (Å²) in [6.45, 7) is 6.48. The number of aromatic nitrogens is 1. The molecule has 2 heterocycles. The Hall–Kier alpha value is -0.560. The number of amides is 1. The van der Waals surface area contributed by atoms with E-state index in [4.69, 9.17) is 0 Å². The predicted octanol–water partition coefficient (Wildman–Crippen LogP) is 3.56. The summed E-state index contributed by atoms with van der Waals surface area (Å²) in [4.78, 5) is 18.5. The molecule has 0 N–H and O–H groups in total. The van der Waals surface area contributed by atoms with Crippen molar-refractivity contribution < 1.29 is 4.79 Å². The van der Waals surface area contributed by atoms with Gasteiger partial charge in [0, 0.05) is 26.6 Å². The van der Waals surface area contributed by atoms with Crippen LogP contribution in [0.25, 0.3) is 3.58 Å². The van der Waals surface area contributed by atoms with Crippen LogP contribution in [0.1, 0.15) is 26.5 Å². The van der Waals surface area contributed by atoms with Crippen molar-refractivity contribution in [2.75, 3.05) is 5.88 Å². The third-order valence-electron chi connectivity index (χ3n) is 3.49. The molecule has 1 fully saturated rings. The molecular formula is C14H17IN2OS. The molecule has 102 valence electrons. The van der Waals surface area contributed by atoms with Crippen molar-refractivity contribution in [2.45, 2.75) is 31.6 Å². The van der Waals surface area contributed by atoms with E-state index in [9.17, 15) is 4.79 Å². The molecule has 0 saturated carbocycles. The van der Waals surface area contributed by atoms with Gasteiger partial charge in [-0.15, -0.1) is 11.8 Å². The van der Waals surface area contributed by atoms with Crippen LogP contribution in [0, 0.1) is 0 Å². The van der Waals surface area contributed by atoms with Gasteiger partial charge in [0.15, 0.2) is 0 Å². The molecule has 19 heavy (non-hydrogen) atoms. The van der Waals surface area contributed by atoms with Gasteiger partial charge in [-0.05, 0) is 55.5 Å². The van der Waals surface area contributed by atoms with Crippen molar-refractivity contribution in [3.8, 4) is 0 Å². The number of halogens is 1. The molecule has 0 unspecified atom stereocenters. The topological polar surface area (TPSA) is 33.2 Å². The molecule has 1 aromatic heterocycles. The van der Waals surface area contributed by atoms with Gasteiger partial charge in [-0.3, -0.25) is 9.78 Å². The van der Waals surface area contributed by atoms with Crippen molar-refractivity contribution in [2.24, 2.45) is 0 Å². The first-order chi connectivity index (χ1) is 8.92. The van der Waals surface area contributed by atoms with Crippen molar-refractivity contribution in [3.05, 3.63) is 36.2 Å². The van der Waals surface area contributed by atoms with Gasteiger partial charge in [-0.25, -0.2) is 0 Å². The highest BCUT2D eigenvalue weighted by atomic mass is 127. The lowest BCUT2D eigenvalue weighted by Gasteiger charge is -2.27. The number of nitrogens with zero attached hydrogens (tertiary/aromatic N) is 2. The first kappa shape index (κ1) is 14.8. The number of hydrogen-bond donors (Lipinski definition) is 0. The Kier molecular flexibility index (Phi) is 4.55. The van der Waals surface area contributed by atoms with Gasteiger partial charge >= 0.3 is 0 Å². The molecule has 0 bridgehead atoms. The standard InChI is InChI=1S/C14H17IN2OS/c1-10-14(2,3)19-9-17(10)13(18)8-11(15)12-6-4-5-7-16-12/h4-8,10H,9H2,1-3H3/b11-8-/t10-/m0/s1. The second-order valence-corrected chi connectivity index (χ2v) is 7.83. The third-order valence-corrected chi connectivity index (χ3v) is 5.85. The largest absolute Gasteiger partial charge is 0.326 e. The van der Waals surface area contributed by atoms with Gasteiger partial charge in [0.25, 0.3) is 0 Å². The van der Waals surface area contributed by atoms with E-state index in [2.05, 4.69) is 48.3 Å². The van der Waals surface area contributed by atoms with E-state index < -0.39 is 0 Å². The summed E-state index contributed by atoms with van der Waals surface area (Å²) >= 11 is 3.99. The van der Waals surface area contributed by atoms with Gasteiger partial charge in [0.05, 0.1) is 11.6 Å². The first-order valence-corrected chi connectivity index (χ1v) is 8.21. The molecule has 1 saturated heterocycles. The van der Waals surface area contributed by atoms with E-state index in [-0.39, 0.29) is 16.7 Å². The minimum Gasteiger partial charge on any atom is -0.326 e. The summed E-state index contributed by atoms with van der Waals surface area (Å²) in [7, 11) is 0. The molecular weight excluding hydrogens is 371 g/mol. The van der Waals surface area contributed by atoms with Gasteiger partial charge < -0.3 is 4.90 Å². The molecule has 1 aromatic rings. The van der Waals surface area contributed by atoms with E-state index in [1.54, 1.807) is 12.3 Å². The molecule has 2 rings (SSSR count). The zero-order chi connectivity index (χ0) is 14.0. The van der Waals surface area contributed by atoms with Gasteiger partial charge in [0.1, 0.15) is 0 Å². The number of carbonyl (C=O) groups is 1. The van der Waals surface area contributed by atoms with Crippen LogP contribution in [0.15, 0.2) is 30.5 Å². The quantitative estimate of drug-likeness (QED) is 0.574. The maximum atomic E-state index is 12.3. The van der Waals surface area contributed by atoms with Crippen LogP contribution in [0.4, 0.5) is 0 Å². The van der Waals surface area contributed by atoms with Crippen LogP contribution < -0.4 is 0 Å². The van der Waals surface area contributed by atoms with E-state index in [1.165, 1.54) is 0 Å². The molecule has 1 atom stereocenters. The maximum Gasteiger partial charge on any atom is 0.248 e. The van der Waals surface area contributed by atoms with Gasteiger partial charge in [-0.2, -0.15) is 0 Å². The lowest BCUT2D eigenvalue weighted by Crippen LogP contribution is -2.40. The van der Waals surface area contributed by atoms with Crippen LogP contribution in [0.2, 0.25) is 0 Å². The average molecular weight is 388 g/mol. The Morgan fingerprint density at radius 3 is 2.84 bits per heavy atom. The van der Waals surface area contributed by atoms with Gasteiger partial charge in [0.2, 0.25) is 5.91 Å². The Morgan fingerprint density at radius 1 is 1.58 bits per heavy atom. The fraction of sp³-hybridized carbons (Fsp3) is 0.429. The van der Waals surface area contributed by atoms with Crippen molar-refractivity contribution in [3.63, 3.8) is 0 Å². The second-order valence-electron chi connectivity index (χ2n) is 5.07. The molecule has 3 nitrogen and oxygen atoms in total. The van der Waals surface area contributed by atoms with Crippen molar-refractivity contribution in [1.82, 2.24) is 9.88 Å². The minimum absolute atomic E-state index is 0.0700. The lowest BCUT2D eigenvalue weighted by atomic mass is 10.0. The fourth-order valence-corrected chi connectivity index (χ4v) is 3.64. The highest BCUT2D eigenvalue weighted by molar-refractivity contribution is 14.1. The average Bonchev–Trinajstić information content (AvgIpc) is 2.65. The van der Waals surface area contributed by atoms with Crippen LogP contribution in [-0.2, 0) is 4.79 Å². The summed E-state index contributed by atoms with van der Waals surface area (Å²) in [6.07, 6.45) is 3.42. The van der Waals surface area contributed by atoms with Crippen LogP contribution >= 0.6 is 34.4 Å².